The minimum absolute atomic E-state index is 0.0362. The lowest BCUT2D eigenvalue weighted by molar-refractivity contribution is -0.116. The number of ether oxygens (including phenoxy) is 2. The largest absolute Gasteiger partial charge is 0.494 e. The standard InChI is InChI=1S/C25H24N2O4/c1-3-30-17-13-14-23(31-4-2)20(15-17)26-24(28)16-27-21-11-7-5-9-18(21)25(29)19-10-6-8-12-22(19)27/h5-15H,3-4,16H2,1-2H3,(H,26,28). The molecule has 0 atom stereocenters. The molecule has 158 valence electrons. The average Bonchev–Trinajstić information content (AvgIpc) is 2.79. The number of anilines is 1. The van der Waals surface area contributed by atoms with Crippen molar-refractivity contribution in [2.24, 2.45) is 0 Å². The maximum absolute atomic E-state index is 13.1. The minimum Gasteiger partial charge on any atom is -0.494 e. The van der Waals surface area contributed by atoms with E-state index in [-0.39, 0.29) is 17.9 Å². The van der Waals surface area contributed by atoms with Crippen LogP contribution in [-0.4, -0.2) is 23.7 Å². The molecule has 31 heavy (non-hydrogen) atoms. The fourth-order valence-electron chi connectivity index (χ4n) is 3.73. The van der Waals surface area contributed by atoms with Crippen molar-refractivity contribution < 1.29 is 14.3 Å². The van der Waals surface area contributed by atoms with Crippen molar-refractivity contribution in [3.05, 3.63) is 77.0 Å². The Bertz CT molecular complexity index is 1250. The van der Waals surface area contributed by atoms with Gasteiger partial charge in [0.15, 0.2) is 5.43 Å². The molecule has 6 nitrogen and oxygen atoms in total. The molecule has 0 saturated carbocycles. The molecule has 0 aliphatic rings. The molecule has 0 bridgehead atoms. The Morgan fingerprint density at radius 1 is 0.871 bits per heavy atom. The normalized spacial score (nSPS) is 10.9. The number of nitrogens with one attached hydrogen (secondary N) is 1. The van der Waals surface area contributed by atoms with E-state index in [9.17, 15) is 9.59 Å². The van der Waals surface area contributed by atoms with Gasteiger partial charge < -0.3 is 19.4 Å². The molecule has 0 saturated heterocycles. The number of fused-ring (bicyclic) bond motifs is 2. The van der Waals surface area contributed by atoms with Gasteiger partial charge in [0.2, 0.25) is 5.91 Å². The lowest BCUT2D eigenvalue weighted by Crippen LogP contribution is -2.22. The van der Waals surface area contributed by atoms with E-state index >= 15 is 0 Å². The van der Waals surface area contributed by atoms with E-state index < -0.39 is 0 Å². The van der Waals surface area contributed by atoms with Gasteiger partial charge in [0, 0.05) is 16.8 Å². The van der Waals surface area contributed by atoms with E-state index in [1.165, 1.54) is 0 Å². The summed E-state index contributed by atoms with van der Waals surface area (Å²) in [5, 5.41) is 4.11. The second kappa shape index (κ2) is 8.92. The number of para-hydroxylation sites is 2. The number of hydrogen-bond donors (Lipinski definition) is 1. The molecule has 0 fully saturated rings. The lowest BCUT2D eigenvalue weighted by atomic mass is 10.1. The number of aromatic nitrogens is 1. The summed E-state index contributed by atoms with van der Waals surface area (Å²) in [4.78, 5) is 26.0. The summed E-state index contributed by atoms with van der Waals surface area (Å²) in [5.41, 5.74) is 1.95. The summed E-state index contributed by atoms with van der Waals surface area (Å²) < 4.78 is 13.1. The van der Waals surface area contributed by atoms with Crippen LogP contribution in [-0.2, 0) is 11.3 Å². The maximum Gasteiger partial charge on any atom is 0.244 e. The van der Waals surface area contributed by atoms with Crippen LogP contribution in [0.5, 0.6) is 11.5 Å². The SMILES string of the molecule is CCOc1ccc(OCC)c(NC(=O)Cn2c3ccccc3c(=O)c3ccccc32)c1. The van der Waals surface area contributed by atoms with Crippen molar-refractivity contribution in [2.75, 3.05) is 18.5 Å². The van der Waals surface area contributed by atoms with E-state index in [1.54, 1.807) is 24.3 Å². The molecule has 1 N–H and O–H groups in total. The second-order valence-electron chi connectivity index (χ2n) is 7.02. The highest BCUT2D eigenvalue weighted by molar-refractivity contribution is 5.97. The van der Waals surface area contributed by atoms with Gasteiger partial charge in [-0.25, -0.2) is 0 Å². The number of hydrogen-bond acceptors (Lipinski definition) is 4. The number of nitrogens with zero attached hydrogens (tertiary/aromatic N) is 1. The Labute approximate surface area is 180 Å². The lowest BCUT2D eigenvalue weighted by Gasteiger charge is -2.17. The van der Waals surface area contributed by atoms with Gasteiger partial charge in [-0.1, -0.05) is 24.3 Å². The second-order valence-corrected chi connectivity index (χ2v) is 7.02. The van der Waals surface area contributed by atoms with E-state index in [0.29, 0.717) is 41.2 Å². The maximum atomic E-state index is 13.1. The molecule has 6 heteroatoms. The smallest absolute Gasteiger partial charge is 0.244 e. The van der Waals surface area contributed by atoms with Crippen LogP contribution in [0.4, 0.5) is 5.69 Å². The van der Waals surface area contributed by atoms with Crippen molar-refractivity contribution in [2.45, 2.75) is 20.4 Å². The Balaban J connectivity index is 1.73. The number of amides is 1. The van der Waals surface area contributed by atoms with Gasteiger partial charge in [-0.15, -0.1) is 0 Å². The van der Waals surface area contributed by atoms with E-state index in [2.05, 4.69) is 5.32 Å². The number of pyridine rings is 1. The molecule has 0 aliphatic carbocycles. The topological polar surface area (TPSA) is 69.6 Å². The average molecular weight is 416 g/mol. The first-order valence-electron chi connectivity index (χ1n) is 10.3. The summed E-state index contributed by atoms with van der Waals surface area (Å²) in [7, 11) is 0. The molecular formula is C25H24N2O4. The predicted molar refractivity (Wildman–Crippen MR) is 123 cm³/mol. The molecule has 1 heterocycles. The molecule has 1 amide bonds. The van der Waals surface area contributed by atoms with Crippen molar-refractivity contribution in [1.29, 1.82) is 0 Å². The summed E-state index contributed by atoms with van der Waals surface area (Å²) in [6.07, 6.45) is 0. The minimum atomic E-state index is -0.228. The van der Waals surface area contributed by atoms with E-state index in [4.69, 9.17) is 9.47 Å². The zero-order valence-corrected chi connectivity index (χ0v) is 17.6. The molecule has 4 aromatic rings. The quantitative estimate of drug-likeness (QED) is 0.448. The monoisotopic (exact) mass is 416 g/mol. The highest BCUT2D eigenvalue weighted by Crippen LogP contribution is 2.30. The number of benzene rings is 3. The fourth-order valence-corrected chi connectivity index (χ4v) is 3.73. The van der Waals surface area contributed by atoms with Crippen molar-refractivity contribution in [3.8, 4) is 11.5 Å². The summed E-state index contributed by atoms with van der Waals surface area (Å²) in [6.45, 7) is 4.84. The summed E-state index contributed by atoms with van der Waals surface area (Å²) >= 11 is 0. The van der Waals surface area contributed by atoms with Gasteiger partial charge in [0.25, 0.3) is 0 Å². The van der Waals surface area contributed by atoms with Gasteiger partial charge in [-0.2, -0.15) is 0 Å². The summed E-state index contributed by atoms with van der Waals surface area (Å²) in [6, 6.07) is 20.0. The molecule has 3 aromatic carbocycles. The first-order valence-corrected chi connectivity index (χ1v) is 10.3. The van der Waals surface area contributed by atoms with Gasteiger partial charge >= 0.3 is 0 Å². The predicted octanol–water partition coefficient (Wildman–Crippen LogP) is 4.59. The molecule has 0 unspecified atom stereocenters. The molecule has 0 spiro atoms. The van der Waals surface area contributed by atoms with Crippen molar-refractivity contribution in [1.82, 2.24) is 4.57 Å². The number of carbonyl (C=O) groups is 1. The van der Waals surface area contributed by atoms with Gasteiger partial charge in [-0.05, 0) is 50.2 Å². The first kappa shape index (κ1) is 20.5. The zero-order valence-electron chi connectivity index (χ0n) is 17.6. The van der Waals surface area contributed by atoms with Gasteiger partial charge in [0.1, 0.15) is 18.0 Å². The fraction of sp³-hybridized carbons (Fsp3) is 0.200. The molecular weight excluding hydrogens is 392 g/mol. The third kappa shape index (κ3) is 4.10. The number of rotatable bonds is 7. The van der Waals surface area contributed by atoms with Crippen LogP contribution in [0.1, 0.15) is 13.8 Å². The van der Waals surface area contributed by atoms with Crippen LogP contribution in [0.25, 0.3) is 21.8 Å². The highest BCUT2D eigenvalue weighted by Gasteiger charge is 2.15. The third-order valence-corrected chi connectivity index (χ3v) is 5.02. The van der Waals surface area contributed by atoms with E-state index in [0.717, 1.165) is 11.0 Å². The van der Waals surface area contributed by atoms with Crippen molar-refractivity contribution >= 4 is 33.4 Å². The summed E-state index contributed by atoms with van der Waals surface area (Å²) in [5.74, 6) is 1.00. The van der Waals surface area contributed by atoms with Gasteiger partial charge in [-0.3, -0.25) is 9.59 Å². The zero-order chi connectivity index (χ0) is 21.8. The molecule has 0 aliphatic heterocycles. The van der Waals surface area contributed by atoms with Crippen LogP contribution >= 0.6 is 0 Å². The van der Waals surface area contributed by atoms with Crippen LogP contribution in [0.3, 0.4) is 0 Å². The molecule has 0 radical (unpaired) electrons. The van der Waals surface area contributed by atoms with Crippen molar-refractivity contribution in [3.63, 3.8) is 0 Å². The van der Waals surface area contributed by atoms with Crippen LogP contribution in [0.2, 0.25) is 0 Å². The Kier molecular flexibility index (Phi) is 5.89. The van der Waals surface area contributed by atoms with Crippen LogP contribution < -0.4 is 20.2 Å². The number of carbonyl (C=O) groups excluding carboxylic acids is 1. The third-order valence-electron chi connectivity index (χ3n) is 5.02. The molecule has 4 rings (SSSR count). The Morgan fingerprint density at radius 2 is 1.48 bits per heavy atom. The van der Waals surface area contributed by atoms with Gasteiger partial charge in [0.05, 0.1) is 29.9 Å². The molecule has 1 aromatic heterocycles. The first-order chi connectivity index (χ1) is 15.1. The Hall–Kier alpha value is -3.80. The van der Waals surface area contributed by atoms with E-state index in [1.807, 2.05) is 60.9 Å². The Morgan fingerprint density at radius 3 is 2.10 bits per heavy atom. The highest BCUT2D eigenvalue weighted by atomic mass is 16.5. The van der Waals surface area contributed by atoms with Crippen LogP contribution in [0.15, 0.2) is 71.5 Å². The van der Waals surface area contributed by atoms with Crippen LogP contribution in [0, 0.1) is 0 Å².